The Kier molecular flexibility index (Phi) is 5.42. The summed E-state index contributed by atoms with van der Waals surface area (Å²) in [6.07, 6.45) is 0. The molecule has 8 rings (SSSR count). The van der Waals surface area contributed by atoms with Gasteiger partial charge in [0, 0.05) is 27.5 Å². The van der Waals surface area contributed by atoms with E-state index >= 15 is 0 Å². The van der Waals surface area contributed by atoms with E-state index in [0.29, 0.717) is 11.7 Å². The average molecular weight is 526 g/mol. The third-order valence-electron chi connectivity index (χ3n) is 7.50. The molecule has 0 radical (unpaired) electrons. The van der Waals surface area contributed by atoms with Gasteiger partial charge in [0.2, 0.25) is 5.89 Å². The van der Waals surface area contributed by atoms with Crippen LogP contribution < -0.4 is 0 Å². The number of oxazole rings is 1. The first kappa shape index (κ1) is 23.3. The van der Waals surface area contributed by atoms with Crippen LogP contribution in [-0.2, 0) is 0 Å². The maximum atomic E-state index is 6.32. The Bertz CT molecular complexity index is 2200. The fourth-order valence-electron chi connectivity index (χ4n) is 5.45. The molecule has 0 atom stereocenters. The molecule has 0 spiro atoms. The van der Waals surface area contributed by atoms with E-state index in [1.54, 1.807) is 0 Å². The molecule has 0 N–H and O–H groups in total. The molecule has 41 heavy (non-hydrogen) atoms. The van der Waals surface area contributed by atoms with Crippen LogP contribution in [0, 0.1) is 0 Å². The van der Waals surface area contributed by atoms with Gasteiger partial charge in [-0.05, 0) is 52.9 Å². The second kappa shape index (κ2) is 9.54. The Labute approximate surface area is 236 Å². The van der Waals surface area contributed by atoms with Crippen LogP contribution in [0.15, 0.2) is 144 Å². The molecule has 8 aromatic rings. The second-order valence-electron chi connectivity index (χ2n) is 10.1. The summed E-state index contributed by atoms with van der Waals surface area (Å²) < 4.78 is 6.32. The van der Waals surface area contributed by atoms with Gasteiger partial charge in [-0.15, -0.1) is 0 Å². The smallest absolute Gasteiger partial charge is 0.227 e. The topological polar surface area (TPSA) is 51.8 Å². The summed E-state index contributed by atoms with van der Waals surface area (Å²) in [6, 6.07) is 47.5. The highest BCUT2D eigenvalue weighted by Gasteiger charge is 2.14. The quantitative estimate of drug-likeness (QED) is 0.230. The number of benzene rings is 6. The van der Waals surface area contributed by atoms with E-state index < -0.39 is 0 Å². The number of para-hydroxylation sites is 1. The lowest BCUT2D eigenvalue weighted by Crippen LogP contribution is -1.95. The van der Waals surface area contributed by atoms with Crippen molar-refractivity contribution in [3.05, 3.63) is 140 Å². The largest absolute Gasteiger partial charge is 0.435 e. The van der Waals surface area contributed by atoms with Crippen molar-refractivity contribution in [2.24, 2.45) is 0 Å². The maximum Gasteiger partial charge on any atom is 0.227 e. The summed E-state index contributed by atoms with van der Waals surface area (Å²) in [7, 11) is 0. The Morgan fingerprint density at radius 3 is 1.95 bits per heavy atom. The molecule has 0 aliphatic heterocycles. The van der Waals surface area contributed by atoms with E-state index in [0.717, 1.165) is 66.3 Å². The highest BCUT2D eigenvalue weighted by molar-refractivity contribution is 6.05. The molecule has 0 saturated carbocycles. The van der Waals surface area contributed by atoms with Gasteiger partial charge in [0.1, 0.15) is 5.52 Å². The Hall–Kier alpha value is -5.61. The SMILES string of the molecule is c1ccc(-c2nc3ccc4ccc(-c5cccc(-c6nc(-c7ccccc7)c7ccccc7n6)c5)cc4c3o2)cc1. The van der Waals surface area contributed by atoms with Crippen molar-refractivity contribution in [3.63, 3.8) is 0 Å². The highest BCUT2D eigenvalue weighted by Crippen LogP contribution is 2.35. The number of nitrogens with zero attached hydrogens (tertiary/aromatic N) is 3. The predicted molar refractivity (Wildman–Crippen MR) is 166 cm³/mol. The van der Waals surface area contributed by atoms with Crippen molar-refractivity contribution in [2.45, 2.75) is 0 Å². The fraction of sp³-hybridized carbons (Fsp3) is 0. The standard InChI is InChI=1S/C37H23N3O/c1-3-10-25(11-4-1)34-30-16-7-8-17-32(30)38-36(40-34)29-15-9-14-27(22-29)28-19-18-24-20-21-33-35(31(24)23-28)41-37(39-33)26-12-5-2-6-13-26/h1-23H. The molecule has 0 fully saturated rings. The van der Waals surface area contributed by atoms with Crippen LogP contribution in [-0.4, -0.2) is 15.0 Å². The molecule has 0 unspecified atom stereocenters. The molecule has 0 saturated heterocycles. The van der Waals surface area contributed by atoms with Crippen molar-refractivity contribution >= 4 is 32.8 Å². The van der Waals surface area contributed by atoms with E-state index in [2.05, 4.69) is 66.7 Å². The van der Waals surface area contributed by atoms with Gasteiger partial charge in [0.15, 0.2) is 11.4 Å². The summed E-state index contributed by atoms with van der Waals surface area (Å²) in [5.41, 5.74) is 8.68. The second-order valence-corrected chi connectivity index (χ2v) is 10.1. The fourth-order valence-corrected chi connectivity index (χ4v) is 5.45. The Morgan fingerprint density at radius 1 is 0.415 bits per heavy atom. The van der Waals surface area contributed by atoms with Crippen molar-refractivity contribution in [1.82, 2.24) is 15.0 Å². The van der Waals surface area contributed by atoms with E-state index in [-0.39, 0.29) is 0 Å². The summed E-state index contributed by atoms with van der Waals surface area (Å²) in [5.74, 6) is 1.33. The van der Waals surface area contributed by atoms with Crippen molar-refractivity contribution in [3.8, 4) is 45.2 Å². The minimum Gasteiger partial charge on any atom is -0.435 e. The first-order chi connectivity index (χ1) is 20.3. The number of fused-ring (bicyclic) bond motifs is 4. The Balaban J connectivity index is 1.25. The minimum absolute atomic E-state index is 0.628. The number of rotatable bonds is 4. The van der Waals surface area contributed by atoms with Crippen LogP contribution in [0.1, 0.15) is 0 Å². The van der Waals surface area contributed by atoms with Gasteiger partial charge in [0.25, 0.3) is 0 Å². The molecule has 0 aliphatic carbocycles. The minimum atomic E-state index is 0.628. The summed E-state index contributed by atoms with van der Waals surface area (Å²) >= 11 is 0. The van der Waals surface area contributed by atoms with E-state index in [4.69, 9.17) is 19.4 Å². The molecule has 4 heteroatoms. The molecule has 2 heterocycles. The predicted octanol–water partition coefficient (Wildman–Crippen LogP) is 9.59. The lowest BCUT2D eigenvalue weighted by atomic mass is 9.99. The van der Waals surface area contributed by atoms with Gasteiger partial charge >= 0.3 is 0 Å². The molecular weight excluding hydrogens is 502 g/mol. The molecule has 4 nitrogen and oxygen atoms in total. The molecular formula is C37H23N3O. The summed E-state index contributed by atoms with van der Waals surface area (Å²) in [5, 5.41) is 3.19. The molecule has 0 aliphatic rings. The van der Waals surface area contributed by atoms with Gasteiger partial charge in [-0.2, -0.15) is 0 Å². The third-order valence-corrected chi connectivity index (χ3v) is 7.50. The van der Waals surface area contributed by atoms with Gasteiger partial charge in [-0.25, -0.2) is 15.0 Å². The molecule has 2 aromatic heterocycles. The third kappa shape index (κ3) is 4.14. The number of hydrogen-bond acceptors (Lipinski definition) is 4. The molecule has 192 valence electrons. The molecule has 6 aromatic carbocycles. The number of hydrogen-bond donors (Lipinski definition) is 0. The highest BCUT2D eigenvalue weighted by atomic mass is 16.3. The van der Waals surface area contributed by atoms with Crippen molar-refractivity contribution in [2.75, 3.05) is 0 Å². The van der Waals surface area contributed by atoms with Gasteiger partial charge in [0.05, 0.1) is 11.2 Å². The zero-order valence-corrected chi connectivity index (χ0v) is 22.0. The van der Waals surface area contributed by atoms with Gasteiger partial charge in [-0.3, -0.25) is 0 Å². The van der Waals surface area contributed by atoms with Crippen molar-refractivity contribution in [1.29, 1.82) is 0 Å². The van der Waals surface area contributed by atoms with Crippen LogP contribution in [0.3, 0.4) is 0 Å². The normalized spacial score (nSPS) is 11.4. The maximum absolute atomic E-state index is 6.32. The first-order valence-corrected chi connectivity index (χ1v) is 13.6. The monoisotopic (exact) mass is 525 g/mol. The van der Waals surface area contributed by atoms with E-state index in [1.165, 1.54) is 0 Å². The zero-order chi connectivity index (χ0) is 27.2. The van der Waals surface area contributed by atoms with Crippen LogP contribution in [0.4, 0.5) is 0 Å². The van der Waals surface area contributed by atoms with E-state index in [1.807, 2.05) is 72.8 Å². The average Bonchev–Trinajstić information content (AvgIpc) is 3.50. The number of aromatic nitrogens is 3. The summed E-state index contributed by atoms with van der Waals surface area (Å²) in [6.45, 7) is 0. The Morgan fingerprint density at radius 2 is 1.10 bits per heavy atom. The lowest BCUT2D eigenvalue weighted by molar-refractivity contribution is 0.623. The molecule has 0 bridgehead atoms. The van der Waals surface area contributed by atoms with Gasteiger partial charge in [-0.1, -0.05) is 103 Å². The van der Waals surface area contributed by atoms with Crippen LogP contribution in [0.2, 0.25) is 0 Å². The van der Waals surface area contributed by atoms with Crippen molar-refractivity contribution < 1.29 is 4.42 Å². The van der Waals surface area contributed by atoms with Crippen LogP contribution >= 0.6 is 0 Å². The first-order valence-electron chi connectivity index (χ1n) is 13.6. The summed E-state index contributed by atoms with van der Waals surface area (Å²) in [4.78, 5) is 14.8. The van der Waals surface area contributed by atoms with Crippen LogP contribution in [0.5, 0.6) is 0 Å². The molecule has 0 amide bonds. The van der Waals surface area contributed by atoms with E-state index in [9.17, 15) is 0 Å². The van der Waals surface area contributed by atoms with Gasteiger partial charge < -0.3 is 4.42 Å². The lowest BCUT2D eigenvalue weighted by Gasteiger charge is -2.11. The van der Waals surface area contributed by atoms with Crippen LogP contribution in [0.25, 0.3) is 78.0 Å². The zero-order valence-electron chi connectivity index (χ0n) is 22.0.